The van der Waals surface area contributed by atoms with E-state index in [0.717, 1.165) is 42.9 Å². The van der Waals surface area contributed by atoms with Gasteiger partial charge in [-0.1, -0.05) is 42.5 Å². The van der Waals surface area contributed by atoms with Gasteiger partial charge in [0, 0.05) is 18.0 Å². The summed E-state index contributed by atoms with van der Waals surface area (Å²) in [4.78, 5) is 28.5. The molecule has 1 saturated heterocycles. The van der Waals surface area contributed by atoms with Crippen molar-refractivity contribution in [2.75, 3.05) is 26.5 Å². The molecule has 1 N–H and O–H groups in total. The third kappa shape index (κ3) is 6.34. The Morgan fingerprint density at radius 1 is 1.17 bits per heavy atom. The average Bonchev–Trinajstić information content (AvgIpc) is 2.79. The highest BCUT2D eigenvalue weighted by Gasteiger charge is 2.28. The van der Waals surface area contributed by atoms with E-state index in [2.05, 4.69) is 22.3 Å². The Morgan fingerprint density at radius 3 is 2.57 bits per heavy atom. The highest BCUT2D eigenvalue weighted by molar-refractivity contribution is 7.98. The summed E-state index contributed by atoms with van der Waals surface area (Å²) in [5.41, 5.74) is 2.18. The number of esters is 1. The number of nitrogens with one attached hydrogen (secondary N) is 1. The molecule has 2 unspecified atom stereocenters. The standard InChI is InChI=1S/C24H30N2O3S/c1-29-23(27)15-22(19-10-12-21(30-2)13-11-19)25-24(28)20-9-6-14-26(17-20)16-18-7-4-3-5-8-18/h3-5,7-8,10-13,20,22H,6,9,14-17H2,1-2H3,(H,25,28). The van der Waals surface area contributed by atoms with Gasteiger partial charge in [-0.25, -0.2) is 0 Å². The molecule has 1 fully saturated rings. The number of likely N-dealkylation sites (tertiary alicyclic amines) is 1. The van der Waals surface area contributed by atoms with Gasteiger partial charge in [0.2, 0.25) is 5.91 Å². The lowest BCUT2D eigenvalue weighted by Gasteiger charge is -2.33. The molecule has 2 atom stereocenters. The van der Waals surface area contributed by atoms with Crippen LogP contribution >= 0.6 is 11.8 Å². The zero-order valence-electron chi connectivity index (χ0n) is 17.7. The van der Waals surface area contributed by atoms with Crippen LogP contribution in [0.1, 0.15) is 36.4 Å². The summed E-state index contributed by atoms with van der Waals surface area (Å²) in [5, 5.41) is 3.12. The Morgan fingerprint density at radius 2 is 1.90 bits per heavy atom. The molecule has 0 saturated carbocycles. The van der Waals surface area contributed by atoms with E-state index in [4.69, 9.17) is 4.74 Å². The van der Waals surface area contributed by atoms with Crippen molar-refractivity contribution in [1.29, 1.82) is 0 Å². The Hall–Kier alpha value is -2.31. The molecule has 30 heavy (non-hydrogen) atoms. The van der Waals surface area contributed by atoms with Crippen molar-refractivity contribution in [2.24, 2.45) is 5.92 Å². The van der Waals surface area contributed by atoms with Gasteiger partial charge in [-0.2, -0.15) is 0 Å². The van der Waals surface area contributed by atoms with Gasteiger partial charge in [-0.15, -0.1) is 11.8 Å². The quantitative estimate of drug-likeness (QED) is 0.510. The zero-order chi connectivity index (χ0) is 21.3. The van der Waals surface area contributed by atoms with Gasteiger partial charge in [0.15, 0.2) is 0 Å². The van der Waals surface area contributed by atoms with Crippen LogP contribution in [-0.4, -0.2) is 43.2 Å². The van der Waals surface area contributed by atoms with Crippen molar-refractivity contribution in [1.82, 2.24) is 10.2 Å². The number of amides is 1. The summed E-state index contributed by atoms with van der Waals surface area (Å²) in [7, 11) is 1.38. The number of hydrogen-bond donors (Lipinski definition) is 1. The van der Waals surface area contributed by atoms with Crippen LogP contribution in [0.5, 0.6) is 0 Å². The topological polar surface area (TPSA) is 58.6 Å². The minimum Gasteiger partial charge on any atom is -0.469 e. The van der Waals surface area contributed by atoms with Crippen molar-refractivity contribution in [3.05, 3.63) is 65.7 Å². The number of piperidine rings is 1. The molecule has 3 rings (SSSR count). The first-order valence-electron chi connectivity index (χ1n) is 10.4. The van der Waals surface area contributed by atoms with Gasteiger partial charge in [0.25, 0.3) is 0 Å². The number of thioether (sulfide) groups is 1. The normalized spacial score (nSPS) is 17.9. The lowest BCUT2D eigenvalue weighted by Crippen LogP contribution is -2.44. The second-order valence-electron chi connectivity index (χ2n) is 7.67. The van der Waals surface area contributed by atoms with Crippen molar-refractivity contribution >= 4 is 23.6 Å². The van der Waals surface area contributed by atoms with Gasteiger partial charge in [-0.05, 0) is 48.9 Å². The minimum atomic E-state index is -0.384. The van der Waals surface area contributed by atoms with E-state index in [-0.39, 0.29) is 30.3 Å². The average molecular weight is 427 g/mol. The van der Waals surface area contributed by atoms with Crippen LogP contribution in [-0.2, 0) is 20.9 Å². The van der Waals surface area contributed by atoms with E-state index in [1.54, 1.807) is 11.8 Å². The molecule has 2 aromatic carbocycles. The van der Waals surface area contributed by atoms with Crippen LogP contribution in [0.3, 0.4) is 0 Å². The van der Waals surface area contributed by atoms with Crippen molar-refractivity contribution in [3.8, 4) is 0 Å². The van der Waals surface area contributed by atoms with Crippen LogP contribution in [0.15, 0.2) is 59.5 Å². The maximum Gasteiger partial charge on any atom is 0.307 e. The van der Waals surface area contributed by atoms with Crippen LogP contribution < -0.4 is 5.32 Å². The fraction of sp³-hybridized carbons (Fsp3) is 0.417. The van der Waals surface area contributed by atoms with Gasteiger partial charge in [0.05, 0.1) is 25.5 Å². The molecule has 0 spiro atoms. The van der Waals surface area contributed by atoms with E-state index in [0.29, 0.717) is 0 Å². The molecule has 0 aromatic heterocycles. The summed E-state index contributed by atoms with van der Waals surface area (Å²) in [6.07, 6.45) is 4.01. The maximum absolute atomic E-state index is 13.1. The van der Waals surface area contributed by atoms with E-state index < -0.39 is 0 Å². The first kappa shape index (κ1) is 22.4. The highest BCUT2D eigenvalue weighted by Crippen LogP contribution is 2.24. The first-order chi connectivity index (χ1) is 14.6. The van der Waals surface area contributed by atoms with Crippen LogP contribution in [0.4, 0.5) is 0 Å². The second-order valence-corrected chi connectivity index (χ2v) is 8.55. The smallest absolute Gasteiger partial charge is 0.307 e. The summed E-state index contributed by atoms with van der Waals surface area (Å²) in [5.74, 6) is -0.396. The fourth-order valence-corrected chi connectivity index (χ4v) is 4.29. The minimum absolute atomic E-state index is 0.00982. The number of benzene rings is 2. The summed E-state index contributed by atoms with van der Waals surface area (Å²) in [6.45, 7) is 2.59. The SMILES string of the molecule is COC(=O)CC(NC(=O)C1CCCN(Cc2ccccc2)C1)c1ccc(SC)cc1. The third-order valence-corrected chi connectivity index (χ3v) is 6.30. The lowest BCUT2D eigenvalue weighted by molar-refractivity contribution is -0.141. The third-order valence-electron chi connectivity index (χ3n) is 5.56. The number of rotatable bonds is 8. The first-order valence-corrected chi connectivity index (χ1v) is 11.6. The Labute approximate surface area is 183 Å². The van der Waals surface area contributed by atoms with Crippen LogP contribution in [0.2, 0.25) is 0 Å². The fourth-order valence-electron chi connectivity index (χ4n) is 3.88. The van der Waals surface area contributed by atoms with Gasteiger partial charge < -0.3 is 10.1 Å². The molecular formula is C24H30N2O3S. The van der Waals surface area contributed by atoms with E-state index >= 15 is 0 Å². The molecule has 160 valence electrons. The van der Waals surface area contributed by atoms with Gasteiger partial charge >= 0.3 is 5.97 Å². The molecule has 5 nitrogen and oxygen atoms in total. The van der Waals surface area contributed by atoms with E-state index in [9.17, 15) is 9.59 Å². The predicted octanol–water partition coefficient (Wildman–Crippen LogP) is 4.04. The predicted molar refractivity (Wildman–Crippen MR) is 120 cm³/mol. The molecule has 6 heteroatoms. The molecule has 1 heterocycles. The Bertz CT molecular complexity index is 826. The largest absolute Gasteiger partial charge is 0.469 e. The van der Waals surface area contributed by atoms with Crippen LogP contribution in [0.25, 0.3) is 0 Å². The molecule has 1 aliphatic rings. The second kappa shape index (κ2) is 11.2. The number of carbonyl (C=O) groups excluding carboxylic acids is 2. The molecule has 1 aliphatic heterocycles. The van der Waals surface area contributed by atoms with Gasteiger partial charge in [-0.3, -0.25) is 14.5 Å². The van der Waals surface area contributed by atoms with E-state index in [1.807, 2.05) is 48.7 Å². The molecule has 0 aliphatic carbocycles. The van der Waals surface area contributed by atoms with Gasteiger partial charge in [0.1, 0.15) is 0 Å². The van der Waals surface area contributed by atoms with E-state index in [1.165, 1.54) is 12.7 Å². The van der Waals surface area contributed by atoms with Crippen molar-refractivity contribution in [2.45, 2.75) is 36.7 Å². The summed E-state index contributed by atoms with van der Waals surface area (Å²) < 4.78 is 4.86. The maximum atomic E-state index is 13.1. The molecular weight excluding hydrogens is 396 g/mol. The summed E-state index contributed by atoms with van der Waals surface area (Å²) in [6, 6.07) is 17.9. The number of hydrogen-bond acceptors (Lipinski definition) is 5. The zero-order valence-corrected chi connectivity index (χ0v) is 18.5. The molecule has 2 aromatic rings. The monoisotopic (exact) mass is 426 g/mol. The number of carbonyl (C=O) groups is 2. The molecule has 0 bridgehead atoms. The highest BCUT2D eigenvalue weighted by atomic mass is 32.2. The molecule has 1 amide bonds. The van der Waals surface area contributed by atoms with Crippen LogP contribution in [0, 0.1) is 5.92 Å². The van der Waals surface area contributed by atoms with Crippen molar-refractivity contribution < 1.29 is 14.3 Å². The van der Waals surface area contributed by atoms with Crippen molar-refractivity contribution in [3.63, 3.8) is 0 Å². The molecule has 0 radical (unpaired) electrons. The number of ether oxygens (including phenoxy) is 1. The summed E-state index contributed by atoms with van der Waals surface area (Å²) >= 11 is 1.66. The lowest BCUT2D eigenvalue weighted by atomic mass is 9.95. The Balaban J connectivity index is 1.65. The Kier molecular flexibility index (Phi) is 8.34. The number of nitrogens with zero attached hydrogens (tertiary/aromatic N) is 1. The number of methoxy groups -OCH3 is 1.